The van der Waals surface area contributed by atoms with Crippen LogP contribution in [-0.4, -0.2) is 13.7 Å². The van der Waals surface area contributed by atoms with E-state index in [0.29, 0.717) is 6.61 Å². The van der Waals surface area contributed by atoms with Gasteiger partial charge in [0, 0.05) is 18.3 Å². The lowest BCUT2D eigenvalue weighted by Crippen LogP contribution is -1.94. The summed E-state index contributed by atoms with van der Waals surface area (Å²) in [5, 5.41) is 3.06. The van der Waals surface area contributed by atoms with Crippen molar-refractivity contribution < 1.29 is 4.74 Å². The molecule has 0 saturated heterocycles. The zero-order chi connectivity index (χ0) is 12.6. The monoisotopic (exact) mass is 237 g/mol. The van der Waals surface area contributed by atoms with Crippen LogP contribution in [0.4, 0.5) is 5.69 Å². The summed E-state index contributed by atoms with van der Waals surface area (Å²) >= 11 is 0. The summed E-state index contributed by atoms with van der Waals surface area (Å²) in [6.45, 7) is 0.397. The molecular formula is C16H15NO. The van der Waals surface area contributed by atoms with Crippen molar-refractivity contribution in [2.75, 3.05) is 19.0 Å². The van der Waals surface area contributed by atoms with E-state index in [-0.39, 0.29) is 0 Å². The molecule has 0 bridgehead atoms. The van der Waals surface area contributed by atoms with E-state index in [4.69, 9.17) is 4.74 Å². The summed E-state index contributed by atoms with van der Waals surface area (Å²) in [5.74, 6) is 6.87. The van der Waals surface area contributed by atoms with Gasteiger partial charge in [-0.3, -0.25) is 0 Å². The smallest absolute Gasteiger partial charge is 0.149 e. The number of nitrogens with one attached hydrogen (secondary N) is 1. The molecule has 90 valence electrons. The molecule has 0 aromatic heterocycles. The average molecular weight is 237 g/mol. The minimum absolute atomic E-state index is 0.397. The third kappa shape index (κ3) is 3.57. The molecule has 0 aliphatic rings. The van der Waals surface area contributed by atoms with Gasteiger partial charge >= 0.3 is 0 Å². The number of hydrogen-bond acceptors (Lipinski definition) is 2. The van der Waals surface area contributed by atoms with Gasteiger partial charge in [-0.15, -0.1) is 0 Å². The third-order valence-electron chi connectivity index (χ3n) is 2.46. The first-order valence-corrected chi connectivity index (χ1v) is 5.83. The van der Waals surface area contributed by atoms with Crippen molar-refractivity contribution >= 4 is 5.69 Å². The van der Waals surface area contributed by atoms with Crippen molar-refractivity contribution in [3.63, 3.8) is 0 Å². The largest absolute Gasteiger partial charge is 0.481 e. The van der Waals surface area contributed by atoms with Crippen molar-refractivity contribution in [3.8, 4) is 17.6 Å². The van der Waals surface area contributed by atoms with Gasteiger partial charge in [-0.1, -0.05) is 30.0 Å². The Morgan fingerprint density at radius 1 is 1.00 bits per heavy atom. The molecule has 0 amide bonds. The highest BCUT2D eigenvalue weighted by Gasteiger charge is 1.91. The first-order valence-electron chi connectivity index (χ1n) is 5.83. The molecular weight excluding hydrogens is 222 g/mol. The molecule has 0 heterocycles. The molecule has 1 N–H and O–H groups in total. The Kier molecular flexibility index (Phi) is 4.27. The summed E-state index contributed by atoms with van der Waals surface area (Å²) in [7, 11) is 1.89. The summed E-state index contributed by atoms with van der Waals surface area (Å²) < 4.78 is 5.53. The molecule has 2 nitrogen and oxygen atoms in total. The molecule has 0 radical (unpaired) electrons. The van der Waals surface area contributed by atoms with E-state index in [1.54, 1.807) is 0 Å². The quantitative estimate of drug-likeness (QED) is 0.828. The predicted molar refractivity (Wildman–Crippen MR) is 74.8 cm³/mol. The highest BCUT2D eigenvalue weighted by atomic mass is 16.5. The topological polar surface area (TPSA) is 21.3 Å². The molecule has 0 aliphatic carbocycles. The summed E-state index contributed by atoms with van der Waals surface area (Å²) in [4.78, 5) is 0. The molecule has 2 aromatic carbocycles. The molecule has 0 atom stereocenters. The van der Waals surface area contributed by atoms with Crippen molar-refractivity contribution in [1.29, 1.82) is 0 Å². The predicted octanol–water partition coefficient (Wildman–Crippen LogP) is 3.16. The van der Waals surface area contributed by atoms with Crippen molar-refractivity contribution in [1.82, 2.24) is 0 Å². The molecule has 0 spiro atoms. The van der Waals surface area contributed by atoms with Crippen LogP contribution in [-0.2, 0) is 0 Å². The van der Waals surface area contributed by atoms with Crippen LogP contribution < -0.4 is 10.1 Å². The lowest BCUT2D eigenvalue weighted by molar-refractivity contribution is 0.370. The minimum atomic E-state index is 0.397. The van der Waals surface area contributed by atoms with E-state index in [1.807, 2.05) is 61.6 Å². The Hall–Kier alpha value is -2.40. The molecule has 2 aromatic rings. The Balaban J connectivity index is 1.87. The molecule has 18 heavy (non-hydrogen) atoms. The molecule has 0 saturated carbocycles. The van der Waals surface area contributed by atoms with Gasteiger partial charge < -0.3 is 10.1 Å². The van der Waals surface area contributed by atoms with Crippen LogP contribution in [0.25, 0.3) is 0 Å². The zero-order valence-electron chi connectivity index (χ0n) is 10.3. The maximum Gasteiger partial charge on any atom is 0.149 e. The summed E-state index contributed by atoms with van der Waals surface area (Å²) in [6.07, 6.45) is 0. The lowest BCUT2D eigenvalue weighted by atomic mass is 10.2. The van der Waals surface area contributed by atoms with Gasteiger partial charge in [-0.05, 0) is 36.4 Å². The van der Waals surface area contributed by atoms with Gasteiger partial charge in [-0.25, -0.2) is 0 Å². The van der Waals surface area contributed by atoms with Crippen LogP contribution in [0, 0.1) is 11.8 Å². The van der Waals surface area contributed by atoms with Crippen LogP contribution in [0.3, 0.4) is 0 Å². The van der Waals surface area contributed by atoms with Gasteiger partial charge in [0.05, 0.1) is 0 Å². The van der Waals surface area contributed by atoms with E-state index in [0.717, 1.165) is 17.0 Å². The van der Waals surface area contributed by atoms with Crippen LogP contribution in [0.5, 0.6) is 5.75 Å². The van der Waals surface area contributed by atoms with Crippen molar-refractivity contribution in [2.45, 2.75) is 0 Å². The third-order valence-corrected chi connectivity index (χ3v) is 2.46. The standard InChI is InChI=1S/C16H15NO/c1-17-15-9-11-16(12-10-15)18-13-5-8-14-6-3-2-4-7-14/h2-4,6-7,9-12,17H,13H2,1H3. The second-order valence-electron chi connectivity index (χ2n) is 3.73. The summed E-state index contributed by atoms with van der Waals surface area (Å²) in [6, 6.07) is 17.7. The fourth-order valence-corrected chi connectivity index (χ4v) is 1.50. The molecule has 0 fully saturated rings. The number of hydrogen-bond donors (Lipinski definition) is 1. The Morgan fingerprint density at radius 2 is 1.72 bits per heavy atom. The van der Waals surface area contributed by atoms with Crippen LogP contribution >= 0.6 is 0 Å². The average Bonchev–Trinajstić information content (AvgIpc) is 2.45. The Bertz CT molecular complexity index is 535. The van der Waals surface area contributed by atoms with Gasteiger partial charge in [0.2, 0.25) is 0 Å². The van der Waals surface area contributed by atoms with E-state index in [1.165, 1.54) is 0 Å². The molecule has 2 heteroatoms. The summed E-state index contributed by atoms with van der Waals surface area (Å²) in [5.41, 5.74) is 2.07. The fourth-order valence-electron chi connectivity index (χ4n) is 1.50. The number of rotatable bonds is 3. The van der Waals surface area contributed by atoms with Gasteiger partial charge in [-0.2, -0.15) is 0 Å². The fraction of sp³-hybridized carbons (Fsp3) is 0.125. The SMILES string of the molecule is CNc1ccc(OCC#Cc2ccccc2)cc1. The van der Waals surface area contributed by atoms with E-state index >= 15 is 0 Å². The lowest BCUT2D eigenvalue weighted by Gasteiger charge is -2.03. The number of anilines is 1. The minimum Gasteiger partial charge on any atom is -0.481 e. The van der Waals surface area contributed by atoms with Gasteiger partial charge in [0.1, 0.15) is 12.4 Å². The van der Waals surface area contributed by atoms with E-state index in [2.05, 4.69) is 17.2 Å². The van der Waals surface area contributed by atoms with Crippen LogP contribution in [0.2, 0.25) is 0 Å². The highest BCUT2D eigenvalue weighted by Crippen LogP contribution is 2.14. The van der Waals surface area contributed by atoms with E-state index < -0.39 is 0 Å². The first kappa shape index (κ1) is 12.1. The Morgan fingerprint density at radius 3 is 2.39 bits per heavy atom. The number of benzene rings is 2. The van der Waals surface area contributed by atoms with Gasteiger partial charge in [0.25, 0.3) is 0 Å². The number of ether oxygens (including phenoxy) is 1. The second-order valence-corrected chi connectivity index (χ2v) is 3.73. The molecule has 0 aliphatic heterocycles. The van der Waals surface area contributed by atoms with Gasteiger partial charge in [0.15, 0.2) is 0 Å². The maximum atomic E-state index is 5.53. The Labute approximate surface area is 108 Å². The van der Waals surface area contributed by atoms with Crippen molar-refractivity contribution in [3.05, 3.63) is 60.2 Å². The second kappa shape index (κ2) is 6.36. The van der Waals surface area contributed by atoms with E-state index in [9.17, 15) is 0 Å². The zero-order valence-corrected chi connectivity index (χ0v) is 10.3. The van der Waals surface area contributed by atoms with Crippen molar-refractivity contribution in [2.24, 2.45) is 0 Å². The molecule has 2 rings (SSSR count). The molecule has 0 unspecified atom stereocenters. The maximum absolute atomic E-state index is 5.53. The highest BCUT2D eigenvalue weighted by molar-refractivity contribution is 5.45. The normalized spacial score (nSPS) is 9.17. The van der Waals surface area contributed by atoms with Crippen LogP contribution in [0.1, 0.15) is 5.56 Å². The first-order chi connectivity index (χ1) is 8.88. The van der Waals surface area contributed by atoms with Crippen LogP contribution in [0.15, 0.2) is 54.6 Å².